The van der Waals surface area contributed by atoms with Crippen LogP contribution in [0.4, 0.5) is 0 Å². The Morgan fingerprint density at radius 3 is 2.58 bits per heavy atom. The molecule has 2 atom stereocenters. The Kier molecular flexibility index (Phi) is 5.58. The van der Waals surface area contributed by atoms with Gasteiger partial charge >= 0.3 is 0 Å². The highest BCUT2D eigenvalue weighted by Gasteiger charge is 2.19. The van der Waals surface area contributed by atoms with E-state index in [1.54, 1.807) is 11.3 Å². The van der Waals surface area contributed by atoms with Crippen LogP contribution in [0.25, 0.3) is 0 Å². The lowest BCUT2D eigenvalue weighted by molar-refractivity contribution is 0.0215. The first kappa shape index (κ1) is 14.7. The fourth-order valence-corrected chi connectivity index (χ4v) is 2.83. The Hall–Kier alpha value is -0.680. The molecule has 1 heterocycles. The zero-order chi connectivity index (χ0) is 13.7. The third kappa shape index (κ3) is 4.14. The van der Waals surface area contributed by atoms with Gasteiger partial charge in [0.1, 0.15) is 0 Å². The molecule has 0 saturated heterocycles. The van der Waals surface area contributed by atoms with Gasteiger partial charge in [-0.25, -0.2) is 0 Å². The molecule has 1 aromatic carbocycles. The molecule has 0 spiro atoms. The number of rotatable bonds is 6. The first-order chi connectivity index (χ1) is 9.20. The molecule has 0 bridgehead atoms. The molecule has 2 aromatic rings. The molecule has 2 unspecified atom stereocenters. The Morgan fingerprint density at radius 2 is 2.00 bits per heavy atom. The molecular formula is C15H18BrNOS. The van der Waals surface area contributed by atoms with Crippen molar-refractivity contribution in [1.82, 2.24) is 0 Å². The van der Waals surface area contributed by atoms with Crippen molar-refractivity contribution in [3.05, 3.63) is 56.7 Å². The molecule has 0 saturated carbocycles. The summed E-state index contributed by atoms with van der Waals surface area (Å²) >= 11 is 5.11. The fourth-order valence-electron chi connectivity index (χ4n) is 1.88. The standard InChI is InChI=1S/C15H18BrNOS/c1-2-14(17)15(12-7-8-19-10-12)18-9-11-3-5-13(16)6-4-11/h3-8,10,14-15H,2,9,17H2,1H3. The van der Waals surface area contributed by atoms with E-state index < -0.39 is 0 Å². The number of hydrogen-bond acceptors (Lipinski definition) is 3. The SMILES string of the molecule is CCC(N)C(OCc1ccc(Br)cc1)c1ccsc1. The molecule has 2 N–H and O–H groups in total. The fraction of sp³-hybridized carbons (Fsp3) is 0.333. The summed E-state index contributed by atoms with van der Waals surface area (Å²) in [5.74, 6) is 0. The van der Waals surface area contributed by atoms with Crippen LogP contribution < -0.4 is 5.73 Å². The van der Waals surface area contributed by atoms with E-state index >= 15 is 0 Å². The highest BCUT2D eigenvalue weighted by Crippen LogP contribution is 2.25. The maximum atomic E-state index is 6.17. The molecule has 0 amide bonds. The highest BCUT2D eigenvalue weighted by atomic mass is 79.9. The van der Waals surface area contributed by atoms with Crippen LogP contribution in [0.1, 0.15) is 30.6 Å². The second kappa shape index (κ2) is 7.20. The lowest BCUT2D eigenvalue weighted by Gasteiger charge is -2.22. The summed E-state index contributed by atoms with van der Waals surface area (Å²) in [6, 6.07) is 10.3. The predicted octanol–water partition coefficient (Wildman–Crippen LogP) is 4.51. The normalized spacial score (nSPS) is 14.3. The Labute approximate surface area is 126 Å². The molecule has 0 radical (unpaired) electrons. The molecule has 1 aromatic heterocycles. The second-order valence-electron chi connectivity index (χ2n) is 4.49. The van der Waals surface area contributed by atoms with E-state index in [0.29, 0.717) is 6.61 Å². The van der Waals surface area contributed by atoms with E-state index in [0.717, 1.165) is 16.5 Å². The smallest absolute Gasteiger partial charge is 0.0988 e. The summed E-state index contributed by atoms with van der Waals surface area (Å²) in [6.45, 7) is 2.68. The van der Waals surface area contributed by atoms with Crippen LogP contribution in [-0.2, 0) is 11.3 Å². The van der Waals surface area contributed by atoms with E-state index in [-0.39, 0.29) is 12.1 Å². The molecule has 102 valence electrons. The molecule has 0 aliphatic heterocycles. The largest absolute Gasteiger partial charge is 0.367 e. The van der Waals surface area contributed by atoms with E-state index in [1.807, 2.05) is 12.1 Å². The number of thiophene rings is 1. The summed E-state index contributed by atoms with van der Waals surface area (Å²) in [5, 5.41) is 4.18. The first-order valence-electron chi connectivity index (χ1n) is 6.34. The summed E-state index contributed by atoms with van der Waals surface area (Å²) in [5.41, 5.74) is 8.51. The molecule has 0 fully saturated rings. The first-order valence-corrected chi connectivity index (χ1v) is 8.08. The van der Waals surface area contributed by atoms with E-state index in [2.05, 4.69) is 51.8 Å². The van der Waals surface area contributed by atoms with Crippen LogP contribution in [0.5, 0.6) is 0 Å². The minimum Gasteiger partial charge on any atom is -0.367 e. The zero-order valence-electron chi connectivity index (χ0n) is 10.9. The van der Waals surface area contributed by atoms with Crippen LogP contribution in [-0.4, -0.2) is 6.04 Å². The van der Waals surface area contributed by atoms with Gasteiger partial charge in [-0.15, -0.1) is 0 Å². The van der Waals surface area contributed by atoms with E-state index in [1.165, 1.54) is 5.56 Å². The van der Waals surface area contributed by atoms with E-state index in [4.69, 9.17) is 10.5 Å². The van der Waals surface area contributed by atoms with Crippen LogP contribution in [0.3, 0.4) is 0 Å². The molecular weight excluding hydrogens is 322 g/mol. The number of nitrogens with two attached hydrogens (primary N) is 1. The van der Waals surface area contributed by atoms with Gasteiger partial charge in [-0.2, -0.15) is 11.3 Å². The maximum absolute atomic E-state index is 6.17. The minimum absolute atomic E-state index is 0.0279. The van der Waals surface area contributed by atoms with Crippen molar-refractivity contribution >= 4 is 27.3 Å². The van der Waals surface area contributed by atoms with Crippen molar-refractivity contribution < 1.29 is 4.74 Å². The van der Waals surface area contributed by atoms with Gasteiger partial charge in [0.15, 0.2) is 0 Å². The molecule has 4 heteroatoms. The Morgan fingerprint density at radius 1 is 1.26 bits per heavy atom. The summed E-state index contributed by atoms with van der Waals surface area (Å²) in [4.78, 5) is 0. The number of halogens is 1. The van der Waals surface area contributed by atoms with Crippen molar-refractivity contribution in [2.75, 3.05) is 0 Å². The lowest BCUT2D eigenvalue weighted by atomic mass is 10.0. The molecule has 0 aliphatic carbocycles. The third-order valence-electron chi connectivity index (χ3n) is 3.07. The van der Waals surface area contributed by atoms with Crippen molar-refractivity contribution in [3.8, 4) is 0 Å². The molecule has 2 nitrogen and oxygen atoms in total. The van der Waals surface area contributed by atoms with Gasteiger partial charge in [0.2, 0.25) is 0 Å². The van der Waals surface area contributed by atoms with Crippen LogP contribution in [0.2, 0.25) is 0 Å². The van der Waals surface area contributed by atoms with Crippen LogP contribution >= 0.6 is 27.3 Å². The van der Waals surface area contributed by atoms with Crippen molar-refractivity contribution in [2.45, 2.75) is 32.1 Å². The Bertz CT molecular complexity index is 483. The van der Waals surface area contributed by atoms with Crippen molar-refractivity contribution in [2.24, 2.45) is 5.73 Å². The molecule has 19 heavy (non-hydrogen) atoms. The average molecular weight is 340 g/mol. The monoisotopic (exact) mass is 339 g/mol. The van der Waals surface area contributed by atoms with Gasteiger partial charge in [-0.1, -0.05) is 35.0 Å². The topological polar surface area (TPSA) is 35.2 Å². The highest BCUT2D eigenvalue weighted by molar-refractivity contribution is 9.10. The third-order valence-corrected chi connectivity index (χ3v) is 4.30. The predicted molar refractivity (Wildman–Crippen MR) is 84.3 cm³/mol. The summed E-state index contributed by atoms with van der Waals surface area (Å²) in [7, 11) is 0. The van der Waals surface area contributed by atoms with Crippen LogP contribution in [0, 0.1) is 0 Å². The quantitative estimate of drug-likeness (QED) is 0.840. The number of ether oxygens (including phenoxy) is 1. The van der Waals surface area contributed by atoms with Gasteiger partial charge < -0.3 is 10.5 Å². The van der Waals surface area contributed by atoms with Gasteiger partial charge in [0.25, 0.3) is 0 Å². The maximum Gasteiger partial charge on any atom is 0.0988 e. The van der Waals surface area contributed by atoms with E-state index in [9.17, 15) is 0 Å². The minimum atomic E-state index is -0.0279. The second-order valence-corrected chi connectivity index (χ2v) is 6.18. The lowest BCUT2D eigenvalue weighted by Crippen LogP contribution is -2.29. The average Bonchev–Trinajstić information content (AvgIpc) is 2.94. The zero-order valence-corrected chi connectivity index (χ0v) is 13.3. The number of benzene rings is 1. The molecule has 2 rings (SSSR count). The molecule has 0 aliphatic rings. The summed E-state index contributed by atoms with van der Waals surface area (Å²) < 4.78 is 7.11. The van der Waals surface area contributed by atoms with Crippen molar-refractivity contribution in [3.63, 3.8) is 0 Å². The van der Waals surface area contributed by atoms with Crippen LogP contribution in [0.15, 0.2) is 45.6 Å². The van der Waals surface area contributed by atoms with Gasteiger partial charge in [0.05, 0.1) is 12.7 Å². The summed E-state index contributed by atoms with van der Waals surface area (Å²) in [6.07, 6.45) is 0.876. The van der Waals surface area contributed by atoms with Crippen molar-refractivity contribution in [1.29, 1.82) is 0 Å². The van der Waals surface area contributed by atoms with Gasteiger partial charge in [0, 0.05) is 10.5 Å². The van der Waals surface area contributed by atoms with Gasteiger partial charge in [-0.3, -0.25) is 0 Å². The number of hydrogen-bond donors (Lipinski definition) is 1. The Balaban J connectivity index is 2.02. The van der Waals surface area contributed by atoms with Gasteiger partial charge in [-0.05, 0) is 46.5 Å².